The number of nitrogens with two attached hydrogens (primary N) is 1. The summed E-state index contributed by atoms with van der Waals surface area (Å²) in [5.74, 6) is -0.550. The highest BCUT2D eigenvalue weighted by Crippen LogP contribution is 2.32. The lowest BCUT2D eigenvalue weighted by molar-refractivity contribution is -0.141. The van der Waals surface area contributed by atoms with E-state index in [2.05, 4.69) is 9.97 Å². The summed E-state index contributed by atoms with van der Waals surface area (Å²) in [4.78, 5) is 21.0. The molecule has 2 aromatic rings. The number of hydrogen-bond donors (Lipinski definition) is 1. The average Bonchev–Trinajstić information content (AvgIpc) is 3.06. The summed E-state index contributed by atoms with van der Waals surface area (Å²) in [5.41, 5.74) is 4.31. The molecule has 6 nitrogen and oxygen atoms in total. The third-order valence-electron chi connectivity index (χ3n) is 4.28. The Kier molecular flexibility index (Phi) is 4.65. The van der Waals surface area contributed by atoms with Crippen LogP contribution in [0, 0.1) is 5.92 Å². The number of carbonyl (C=O) groups excluding carboxylic acids is 1. The largest absolute Gasteiger partial charge is 0.433 e. The first-order valence-corrected chi connectivity index (χ1v) is 7.93. The van der Waals surface area contributed by atoms with Crippen molar-refractivity contribution >= 4 is 11.7 Å². The van der Waals surface area contributed by atoms with Crippen LogP contribution in [0.25, 0.3) is 0 Å². The maximum Gasteiger partial charge on any atom is 0.433 e. The summed E-state index contributed by atoms with van der Waals surface area (Å²) < 4.78 is 40.9. The van der Waals surface area contributed by atoms with E-state index < -0.39 is 17.8 Å². The highest BCUT2D eigenvalue weighted by Gasteiger charge is 2.34. The number of imidazole rings is 1. The summed E-state index contributed by atoms with van der Waals surface area (Å²) in [5, 5.41) is 0. The molecule has 0 aliphatic carbocycles. The minimum Gasteiger partial charge on any atom is -0.365 e. The van der Waals surface area contributed by atoms with Gasteiger partial charge in [0.2, 0.25) is 0 Å². The summed E-state index contributed by atoms with van der Waals surface area (Å²) in [7, 11) is 0. The van der Waals surface area contributed by atoms with Gasteiger partial charge in [-0.25, -0.2) is 9.97 Å². The average molecular weight is 353 g/mol. The van der Waals surface area contributed by atoms with Crippen molar-refractivity contribution in [2.45, 2.75) is 25.6 Å². The molecule has 9 heteroatoms. The van der Waals surface area contributed by atoms with Crippen molar-refractivity contribution in [1.82, 2.24) is 14.5 Å². The maximum absolute atomic E-state index is 13.0. The van der Waals surface area contributed by atoms with E-state index in [-0.39, 0.29) is 17.3 Å². The number of nitrogens with zero attached hydrogens (tertiary/aromatic N) is 4. The van der Waals surface area contributed by atoms with Crippen molar-refractivity contribution in [2.75, 3.05) is 18.0 Å². The van der Waals surface area contributed by atoms with Gasteiger partial charge in [0.25, 0.3) is 5.91 Å². The van der Waals surface area contributed by atoms with E-state index in [4.69, 9.17) is 5.73 Å². The summed E-state index contributed by atoms with van der Waals surface area (Å²) in [6.45, 7) is 1.75. The van der Waals surface area contributed by atoms with Gasteiger partial charge in [-0.05, 0) is 30.9 Å². The third-order valence-corrected chi connectivity index (χ3v) is 4.28. The molecule has 3 heterocycles. The van der Waals surface area contributed by atoms with Gasteiger partial charge in [-0.3, -0.25) is 4.79 Å². The number of primary amides is 1. The zero-order chi connectivity index (χ0) is 18.0. The highest BCUT2D eigenvalue weighted by molar-refractivity contribution is 5.97. The number of amides is 1. The lowest BCUT2D eigenvalue weighted by Crippen LogP contribution is -2.39. The predicted molar refractivity (Wildman–Crippen MR) is 84.9 cm³/mol. The molecule has 0 bridgehead atoms. The Bertz CT molecular complexity index is 745. The Morgan fingerprint density at radius 3 is 2.80 bits per heavy atom. The van der Waals surface area contributed by atoms with Crippen LogP contribution in [0.1, 0.15) is 28.9 Å². The Morgan fingerprint density at radius 1 is 1.36 bits per heavy atom. The van der Waals surface area contributed by atoms with Gasteiger partial charge in [0.05, 0.1) is 11.9 Å². The molecule has 1 unspecified atom stereocenters. The summed E-state index contributed by atoms with van der Waals surface area (Å²) in [6, 6.07) is 1.89. The molecule has 3 rings (SSSR count). The van der Waals surface area contributed by atoms with Crippen molar-refractivity contribution in [1.29, 1.82) is 0 Å². The predicted octanol–water partition coefficient (Wildman–Crippen LogP) is 2.31. The Morgan fingerprint density at radius 2 is 2.16 bits per heavy atom. The van der Waals surface area contributed by atoms with Gasteiger partial charge in [0.15, 0.2) is 0 Å². The fourth-order valence-corrected chi connectivity index (χ4v) is 3.14. The van der Waals surface area contributed by atoms with Gasteiger partial charge in [-0.2, -0.15) is 13.2 Å². The van der Waals surface area contributed by atoms with E-state index in [1.54, 1.807) is 17.4 Å². The van der Waals surface area contributed by atoms with Crippen LogP contribution in [0.15, 0.2) is 30.9 Å². The number of hydrogen-bond acceptors (Lipinski definition) is 4. The van der Waals surface area contributed by atoms with E-state index in [9.17, 15) is 18.0 Å². The Balaban J connectivity index is 1.86. The lowest BCUT2D eigenvalue weighted by atomic mass is 9.97. The number of carbonyl (C=O) groups is 1. The standard InChI is InChI=1S/C16H18F3N5O/c17-16(18,19)13-4-3-12(14(20)25)15(22-13)24-6-1-2-11(9-24)8-23-7-5-21-10-23/h3-5,7,10-11H,1-2,6,8-9H2,(H2,20,25). The molecule has 1 aliphatic rings. The monoisotopic (exact) mass is 353 g/mol. The molecule has 1 saturated heterocycles. The van der Waals surface area contributed by atoms with Gasteiger partial charge in [-0.1, -0.05) is 0 Å². The van der Waals surface area contributed by atoms with Gasteiger partial charge in [0, 0.05) is 32.0 Å². The molecule has 1 fully saturated rings. The number of rotatable bonds is 4. The smallest absolute Gasteiger partial charge is 0.365 e. The van der Waals surface area contributed by atoms with Crippen LogP contribution in [0.4, 0.5) is 19.0 Å². The van der Waals surface area contributed by atoms with Gasteiger partial charge in [0.1, 0.15) is 11.5 Å². The van der Waals surface area contributed by atoms with Crippen molar-refractivity contribution in [3.63, 3.8) is 0 Å². The number of anilines is 1. The van der Waals surface area contributed by atoms with Crippen LogP contribution in [0.2, 0.25) is 0 Å². The van der Waals surface area contributed by atoms with E-state index in [1.165, 1.54) is 0 Å². The van der Waals surface area contributed by atoms with E-state index >= 15 is 0 Å². The second kappa shape index (κ2) is 6.73. The van der Waals surface area contributed by atoms with Crippen LogP contribution in [-0.4, -0.2) is 33.5 Å². The molecular weight excluding hydrogens is 335 g/mol. The quantitative estimate of drug-likeness (QED) is 0.915. The van der Waals surface area contributed by atoms with Crippen molar-refractivity contribution in [3.8, 4) is 0 Å². The van der Waals surface area contributed by atoms with Crippen LogP contribution in [0.5, 0.6) is 0 Å². The van der Waals surface area contributed by atoms with E-state index in [1.807, 2.05) is 10.8 Å². The first-order chi connectivity index (χ1) is 11.8. The number of piperidine rings is 1. The number of aromatic nitrogens is 3. The lowest BCUT2D eigenvalue weighted by Gasteiger charge is -2.34. The van der Waals surface area contributed by atoms with Gasteiger partial charge < -0.3 is 15.2 Å². The van der Waals surface area contributed by atoms with Crippen LogP contribution >= 0.6 is 0 Å². The fraction of sp³-hybridized carbons (Fsp3) is 0.438. The number of alkyl halides is 3. The topological polar surface area (TPSA) is 77.0 Å². The van der Waals surface area contributed by atoms with Gasteiger partial charge >= 0.3 is 6.18 Å². The molecule has 0 spiro atoms. The molecule has 0 aromatic carbocycles. The summed E-state index contributed by atoms with van der Waals surface area (Å²) >= 11 is 0. The van der Waals surface area contributed by atoms with Crippen molar-refractivity contribution in [3.05, 3.63) is 42.1 Å². The first-order valence-electron chi connectivity index (χ1n) is 7.93. The van der Waals surface area contributed by atoms with Crippen LogP contribution in [0.3, 0.4) is 0 Å². The molecule has 25 heavy (non-hydrogen) atoms. The molecule has 0 saturated carbocycles. The Hall–Kier alpha value is -2.58. The maximum atomic E-state index is 13.0. The zero-order valence-corrected chi connectivity index (χ0v) is 13.4. The molecule has 1 aliphatic heterocycles. The fourth-order valence-electron chi connectivity index (χ4n) is 3.14. The minimum atomic E-state index is -4.57. The second-order valence-electron chi connectivity index (χ2n) is 6.14. The Labute approximate surface area is 142 Å². The molecule has 0 radical (unpaired) electrons. The molecule has 2 aromatic heterocycles. The van der Waals surface area contributed by atoms with Crippen LogP contribution in [-0.2, 0) is 12.7 Å². The van der Waals surface area contributed by atoms with E-state index in [0.29, 0.717) is 19.6 Å². The molecular formula is C16H18F3N5O. The minimum absolute atomic E-state index is 0.0104. The molecule has 1 amide bonds. The SMILES string of the molecule is NC(=O)c1ccc(C(F)(F)F)nc1N1CCCC(Cn2ccnc2)C1. The zero-order valence-electron chi connectivity index (χ0n) is 13.4. The molecule has 2 N–H and O–H groups in total. The molecule has 1 atom stereocenters. The number of pyridine rings is 1. The van der Waals surface area contributed by atoms with Crippen molar-refractivity contribution < 1.29 is 18.0 Å². The number of halogens is 3. The van der Waals surface area contributed by atoms with Crippen LogP contribution < -0.4 is 10.6 Å². The normalized spacial score (nSPS) is 18.4. The van der Waals surface area contributed by atoms with Crippen molar-refractivity contribution in [2.24, 2.45) is 11.7 Å². The third kappa shape index (κ3) is 3.92. The summed E-state index contributed by atoms with van der Waals surface area (Å²) in [6.07, 6.45) is 2.40. The van der Waals surface area contributed by atoms with E-state index in [0.717, 1.165) is 25.0 Å². The van der Waals surface area contributed by atoms with Gasteiger partial charge in [-0.15, -0.1) is 0 Å². The molecule has 134 valence electrons. The highest BCUT2D eigenvalue weighted by atomic mass is 19.4. The first kappa shape index (κ1) is 17.2. The second-order valence-corrected chi connectivity index (χ2v) is 6.14.